The van der Waals surface area contributed by atoms with E-state index < -0.39 is 6.03 Å². The Bertz CT molecular complexity index is 1070. The number of rotatable bonds is 14. The number of methoxy groups -OCH3 is 5. The number of ether oxygens (including phenoxy) is 6. The van der Waals surface area contributed by atoms with Crippen molar-refractivity contribution in [2.45, 2.75) is 43.1 Å². The smallest absolute Gasteiger partial charge is 0.345 e. The first-order valence-corrected chi connectivity index (χ1v) is 13.9. The number of thioether (sulfide) groups is 1. The standard InChI is InChI=1S/C28H40N2O8S/c1-7-8-11-30(32)28(31)29-20-14-18(15-21(34-3)26(20)38-13-12-33-2)24-9-10-25(39-24)19-16-22(35-4)27(37-6)23(17-19)36-5/h14-17,24-25,32H,7-13H2,1-6H3,(H,29,31). The first-order chi connectivity index (χ1) is 18.9. The first-order valence-electron chi connectivity index (χ1n) is 13.0. The van der Waals surface area contributed by atoms with Gasteiger partial charge in [0.2, 0.25) is 5.75 Å². The molecule has 2 atom stereocenters. The van der Waals surface area contributed by atoms with Gasteiger partial charge in [0, 0.05) is 17.6 Å². The van der Waals surface area contributed by atoms with Gasteiger partial charge >= 0.3 is 6.03 Å². The fourth-order valence-corrected chi connectivity index (χ4v) is 5.96. The molecule has 2 N–H and O–H groups in total. The van der Waals surface area contributed by atoms with Crippen LogP contribution in [0.2, 0.25) is 0 Å². The second-order valence-electron chi connectivity index (χ2n) is 9.00. The highest BCUT2D eigenvalue weighted by Crippen LogP contribution is 2.56. The highest BCUT2D eigenvalue weighted by molar-refractivity contribution is 8.00. The largest absolute Gasteiger partial charge is 0.493 e. The zero-order valence-corrected chi connectivity index (χ0v) is 24.4. The van der Waals surface area contributed by atoms with Gasteiger partial charge in [0.15, 0.2) is 23.0 Å². The van der Waals surface area contributed by atoms with E-state index in [1.807, 2.05) is 43.0 Å². The number of amides is 2. The third-order valence-electron chi connectivity index (χ3n) is 6.48. The summed E-state index contributed by atoms with van der Waals surface area (Å²) >= 11 is 1.82. The number of carbonyl (C=O) groups is 1. The predicted molar refractivity (Wildman–Crippen MR) is 151 cm³/mol. The molecule has 2 aromatic carbocycles. The summed E-state index contributed by atoms with van der Waals surface area (Å²) in [6.45, 7) is 2.87. The molecule has 2 unspecified atom stereocenters. The Labute approximate surface area is 234 Å². The number of urea groups is 1. The fourth-order valence-electron chi connectivity index (χ4n) is 4.43. The van der Waals surface area contributed by atoms with E-state index in [0.29, 0.717) is 52.5 Å². The summed E-state index contributed by atoms with van der Waals surface area (Å²) in [5, 5.41) is 14.0. The highest BCUT2D eigenvalue weighted by Gasteiger charge is 2.31. The van der Waals surface area contributed by atoms with Crippen LogP contribution in [0.4, 0.5) is 10.5 Å². The maximum atomic E-state index is 12.7. The monoisotopic (exact) mass is 564 g/mol. The molecule has 10 nitrogen and oxygen atoms in total. The van der Waals surface area contributed by atoms with Crippen molar-refractivity contribution >= 4 is 23.5 Å². The Morgan fingerprint density at radius 3 is 1.97 bits per heavy atom. The Morgan fingerprint density at radius 1 is 0.897 bits per heavy atom. The summed E-state index contributed by atoms with van der Waals surface area (Å²) in [4.78, 5) is 12.7. The number of hydrogen-bond donors (Lipinski definition) is 2. The van der Waals surface area contributed by atoms with Crippen LogP contribution in [0.1, 0.15) is 54.2 Å². The fraction of sp³-hybridized carbons (Fsp3) is 0.536. The van der Waals surface area contributed by atoms with Crippen molar-refractivity contribution in [1.82, 2.24) is 5.06 Å². The van der Waals surface area contributed by atoms with E-state index >= 15 is 0 Å². The van der Waals surface area contributed by atoms with Crippen molar-refractivity contribution in [3.05, 3.63) is 35.4 Å². The summed E-state index contributed by atoms with van der Waals surface area (Å²) < 4.78 is 33.3. The number of unbranched alkanes of at least 4 members (excludes halogenated alkanes) is 1. The molecule has 0 bridgehead atoms. The molecule has 0 spiro atoms. The van der Waals surface area contributed by atoms with Crippen molar-refractivity contribution in [3.8, 4) is 28.7 Å². The first kappa shape index (κ1) is 30.5. The summed E-state index contributed by atoms with van der Waals surface area (Å²) in [5.41, 5.74) is 2.50. The molecule has 1 aliphatic heterocycles. The van der Waals surface area contributed by atoms with Gasteiger partial charge in [-0.1, -0.05) is 13.3 Å². The molecule has 0 aromatic heterocycles. The quantitative estimate of drug-likeness (QED) is 0.160. The third-order valence-corrected chi connectivity index (χ3v) is 8.15. The Morgan fingerprint density at radius 2 is 1.46 bits per heavy atom. The van der Waals surface area contributed by atoms with E-state index in [-0.39, 0.29) is 23.7 Å². The van der Waals surface area contributed by atoms with Crippen molar-refractivity contribution in [3.63, 3.8) is 0 Å². The summed E-state index contributed by atoms with van der Waals surface area (Å²) in [7, 11) is 7.96. The van der Waals surface area contributed by atoms with Crippen molar-refractivity contribution in [2.24, 2.45) is 0 Å². The second kappa shape index (κ2) is 14.9. The van der Waals surface area contributed by atoms with Crippen molar-refractivity contribution < 1.29 is 38.4 Å². The van der Waals surface area contributed by atoms with E-state index in [4.69, 9.17) is 28.4 Å². The molecule has 2 amide bonds. The molecule has 1 heterocycles. The van der Waals surface area contributed by atoms with Gasteiger partial charge in [0.05, 0.1) is 47.3 Å². The summed E-state index contributed by atoms with van der Waals surface area (Å²) in [5.74, 6) is 2.69. The van der Waals surface area contributed by atoms with Gasteiger partial charge in [-0.05, 0) is 54.7 Å². The van der Waals surface area contributed by atoms with Gasteiger partial charge in [-0.15, -0.1) is 11.8 Å². The third kappa shape index (κ3) is 7.55. The van der Waals surface area contributed by atoms with Gasteiger partial charge in [-0.2, -0.15) is 0 Å². The van der Waals surface area contributed by atoms with E-state index in [0.717, 1.165) is 30.4 Å². The SMILES string of the molecule is CCCCN(O)C(=O)Nc1cc(C2CCC(c3cc(OC)c(OC)c(OC)c3)S2)cc(OC)c1OCCOC. The normalized spacial score (nSPS) is 16.5. The average molecular weight is 565 g/mol. The van der Waals surface area contributed by atoms with Gasteiger partial charge in [-0.25, -0.2) is 9.86 Å². The number of carbonyl (C=O) groups excluding carboxylic acids is 1. The minimum Gasteiger partial charge on any atom is -0.493 e. The zero-order valence-electron chi connectivity index (χ0n) is 23.6. The maximum Gasteiger partial charge on any atom is 0.345 e. The predicted octanol–water partition coefficient (Wildman–Crippen LogP) is 6.08. The minimum absolute atomic E-state index is 0.136. The van der Waals surface area contributed by atoms with Crippen LogP contribution in [0.15, 0.2) is 24.3 Å². The topological polar surface area (TPSA) is 108 Å². The molecule has 0 radical (unpaired) electrons. The number of nitrogens with one attached hydrogen (secondary N) is 1. The molecule has 0 saturated carbocycles. The van der Waals surface area contributed by atoms with Crippen LogP contribution in [-0.4, -0.2) is 71.6 Å². The molecule has 39 heavy (non-hydrogen) atoms. The lowest BCUT2D eigenvalue weighted by atomic mass is 10.0. The number of nitrogens with zero attached hydrogens (tertiary/aromatic N) is 1. The lowest BCUT2D eigenvalue weighted by Crippen LogP contribution is -2.33. The second-order valence-corrected chi connectivity index (χ2v) is 10.4. The van der Waals surface area contributed by atoms with Crippen molar-refractivity contribution in [1.29, 1.82) is 0 Å². The maximum absolute atomic E-state index is 12.7. The molecule has 1 saturated heterocycles. The summed E-state index contributed by atoms with van der Waals surface area (Å²) in [6, 6.07) is 7.19. The molecule has 1 aliphatic rings. The summed E-state index contributed by atoms with van der Waals surface area (Å²) in [6.07, 6.45) is 3.39. The van der Waals surface area contributed by atoms with Gasteiger partial charge < -0.3 is 33.7 Å². The lowest BCUT2D eigenvalue weighted by Gasteiger charge is -2.22. The van der Waals surface area contributed by atoms with Gasteiger partial charge in [0.1, 0.15) is 6.61 Å². The van der Waals surface area contributed by atoms with E-state index in [1.54, 1.807) is 35.5 Å². The molecule has 3 rings (SSSR count). The molecule has 1 fully saturated rings. The van der Waals surface area contributed by atoms with Gasteiger partial charge in [0.25, 0.3) is 0 Å². The van der Waals surface area contributed by atoms with Gasteiger partial charge in [-0.3, -0.25) is 5.21 Å². The minimum atomic E-state index is -0.631. The number of hydroxylamine groups is 2. The van der Waals surface area contributed by atoms with Crippen LogP contribution in [0.5, 0.6) is 28.7 Å². The molecular weight excluding hydrogens is 524 g/mol. The molecule has 11 heteroatoms. The molecular formula is C28H40N2O8S. The zero-order chi connectivity index (χ0) is 28.4. The molecule has 0 aliphatic carbocycles. The Hall–Kier alpha value is -3.02. The molecule has 2 aromatic rings. The van der Waals surface area contributed by atoms with E-state index in [9.17, 15) is 10.0 Å². The molecule has 216 valence electrons. The average Bonchev–Trinajstić information content (AvgIpc) is 3.46. The van der Waals surface area contributed by atoms with Crippen LogP contribution in [0.3, 0.4) is 0 Å². The number of hydrogen-bond acceptors (Lipinski definition) is 9. The Kier molecular flexibility index (Phi) is 11.7. The lowest BCUT2D eigenvalue weighted by molar-refractivity contribution is -0.0379. The van der Waals surface area contributed by atoms with E-state index in [1.165, 1.54) is 0 Å². The number of anilines is 1. The van der Waals surface area contributed by atoms with Crippen LogP contribution in [0, 0.1) is 0 Å². The van der Waals surface area contributed by atoms with Crippen LogP contribution >= 0.6 is 11.8 Å². The Balaban J connectivity index is 1.90. The van der Waals surface area contributed by atoms with Crippen LogP contribution in [0.25, 0.3) is 0 Å². The van der Waals surface area contributed by atoms with Crippen LogP contribution < -0.4 is 29.0 Å². The van der Waals surface area contributed by atoms with Crippen LogP contribution in [-0.2, 0) is 4.74 Å². The van der Waals surface area contributed by atoms with Crippen molar-refractivity contribution in [2.75, 3.05) is 60.6 Å². The van der Waals surface area contributed by atoms with E-state index in [2.05, 4.69) is 5.32 Å². The highest BCUT2D eigenvalue weighted by atomic mass is 32.2. The number of benzene rings is 2.